The molecular weight excluding hydrogens is 352 g/mol. The lowest BCUT2D eigenvalue weighted by Crippen LogP contribution is -2.31. The molecule has 4 rings (SSSR count). The third-order valence-corrected chi connectivity index (χ3v) is 5.52. The van der Waals surface area contributed by atoms with Gasteiger partial charge in [-0.1, -0.05) is 0 Å². The predicted octanol–water partition coefficient (Wildman–Crippen LogP) is 1.91. The van der Waals surface area contributed by atoms with Gasteiger partial charge < -0.3 is 10.2 Å². The van der Waals surface area contributed by atoms with Gasteiger partial charge in [-0.25, -0.2) is 9.50 Å². The van der Waals surface area contributed by atoms with E-state index in [4.69, 9.17) is 0 Å². The van der Waals surface area contributed by atoms with Crippen LogP contribution in [0.4, 0.5) is 0 Å². The van der Waals surface area contributed by atoms with E-state index < -0.39 is 0 Å². The van der Waals surface area contributed by atoms with Crippen molar-refractivity contribution in [3.8, 4) is 0 Å². The molecule has 8 nitrogen and oxygen atoms in total. The molecule has 1 unspecified atom stereocenters. The molecule has 1 aliphatic rings. The van der Waals surface area contributed by atoms with Gasteiger partial charge in [0, 0.05) is 30.4 Å². The zero-order chi connectivity index (χ0) is 18.1. The second-order valence-corrected chi connectivity index (χ2v) is 7.13. The van der Waals surface area contributed by atoms with Crippen molar-refractivity contribution in [3.05, 3.63) is 46.2 Å². The van der Waals surface area contributed by atoms with Gasteiger partial charge in [0.2, 0.25) is 5.82 Å². The summed E-state index contributed by atoms with van der Waals surface area (Å²) in [6.07, 6.45) is 5.11. The third kappa shape index (κ3) is 2.94. The van der Waals surface area contributed by atoms with Crippen LogP contribution in [0, 0.1) is 0 Å². The lowest BCUT2D eigenvalue weighted by Gasteiger charge is -2.22. The Bertz CT molecular complexity index is 932. The first kappa shape index (κ1) is 16.6. The molecule has 1 aliphatic heterocycles. The van der Waals surface area contributed by atoms with Crippen LogP contribution in [0.15, 0.2) is 30.6 Å². The third-order valence-electron chi connectivity index (χ3n) is 4.34. The lowest BCUT2D eigenvalue weighted by molar-refractivity contribution is 0.0725. The highest BCUT2D eigenvalue weighted by Crippen LogP contribution is 2.36. The van der Waals surface area contributed by atoms with Crippen LogP contribution in [0.5, 0.6) is 0 Å². The van der Waals surface area contributed by atoms with E-state index in [2.05, 4.69) is 20.4 Å². The molecule has 0 aliphatic carbocycles. The maximum atomic E-state index is 12.9. The summed E-state index contributed by atoms with van der Waals surface area (Å²) >= 11 is 1.44. The number of amides is 2. The quantitative estimate of drug-likeness (QED) is 0.757. The van der Waals surface area contributed by atoms with Gasteiger partial charge in [-0.2, -0.15) is 4.98 Å². The summed E-state index contributed by atoms with van der Waals surface area (Å²) in [5, 5.41) is 7.04. The van der Waals surface area contributed by atoms with Gasteiger partial charge in [0.05, 0.1) is 10.9 Å². The Morgan fingerprint density at radius 2 is 2.27 bits per heavy atom. The molecule has 4 heterocycles. The Hall–Kier alpha value is -2.81. The molecule has 2 amide bonds. The van der Waals surface area contributed by atoms with Crippen molar-refractivity contribution in [2.75, 3.05) is 13.1 Å². The predicted molar refractivity (Wildman–Crippen MR) is 96.1 cm³/mol. The second-order valence-electron chi connectivity index (χ2n) is 6.02. The molecule has 1 saturated heterocycles. The average molecular weight is 370 g/mol. The first-order valence-electron chi connectivity index (χ1n) is 8.53. The van der Waals surface area contributed by atoms with Crippen LogP contribution in [0.1, 0.15) is 51.0 Å². The van der Waals surface area contributed by atoms with E-state index in [-0.39, 0.29) is 23.7 Å². The molecule has 1 fully saturated rings. The van der Waals surface area contributed by atoms with Crippen LogP contribution in [0.2, 0.25) is 0 Å². The van der Waals surface area contributed by atoms with E-state index in [1.807, 2.05) is 19.1 Å². The molecule has 9 heteroatoms. The number of thiophene rings is 1. The lowest BCUT2D eigenvalue weighted by atomic mass is 10.2. The molecule has 26 heavy (non-hydrogen) atoms. The molecule has 0 spiro atoms. The fraction of sp³-hybridized carbons (Fsp3) is 0.353. The Balaban J connectivity index is 1.58. The Morgan fingerprint density at radius 1 is 1.38 bits per heavy atom. The van der Waals surface area contributed by atoms with Crippen LogP contribution in [-0.4, -0.2) is 49.4 Å². The second kappa shape index (κ2) is 6.83. The zero-order valence-corrected chi connectivity index (χ0v) is 15.1. The largest absolute Gasteiger partial charge is 0.352 e. The van der Waals surface area contributed by atoms with E-state index in [1.165, 1.54) is 15.9 Å². The Morgan fingerprint density at radius 3 is 3.08 bits per heavy atom. The normalized spacial score (nSPS) is 17.0. The fourth-order valence-corrected chi connectivity index (χ4v) is 4.23. The van der Waals surface area contributed by atoms with Crippen molar-refractivity contribution >= 4 is 28.9 Å². The zero-order valence-electron chi connectivity index (χ0n) is 14.3. The van der Waals surface area contributed by atoms with Crippen LogP contribution in [-0.2, 0) is 0 Å². The van der Waals surface area contributed by atoms with Gasteiger partial charge in [-0.05, 0) is 38.0 Å². The fourth-order valence-electron chi connectivity index (χ4n) is 3.16. The number of aromatic nitrogens is 4. The molecule has 0 saturated carbocycles. The number of rotatable bonds is 4. The van der Waals surface area contributed by atoms with Crippen molar-refractivity contribution in [2.45, 2.75) is 25.8 Å². The van der Waals surface area contributed by atoms with E-state index in [0.29, 0.717) is 23.7 Å². The van der Waals surface area contributed by atoms with Crippen molar-refractivity contribution in [1.82, 2.24) is 29.8 Å². The summed E-state index contributed by atoms with van der Waals surface area (Å²) in [6.45, 7) is 3.13. The molecule has 0 aromatic carbocycles. The van der Waals surface area contributed by atoms with Crippen molar-refractivity contribution < 1.29 is 9.59 Å². The topological polar surface area (TPSA) is 92.5 Å². The summed E-state index contributed by atoms with van der Waals surface area (Å²) in [5.74, 6) is 0.274. The number of hydrogen-bond donors (Lipinski definition) is 1. The minimum atomic E-state index is -0.203. The summed E-state index contributed by atoms with van der Waals surface area (Å²) in [6, 6.07) is 5.45. The minimum absolute atomic E-state index is 0.0461. The highest BCUT2D eigenvalue weighted by Gasteiger charge is 2.33. The summed E-state index contributed by atoms with van der Waals surface area (Å²) in [7, 11) is 0. The number of hydrogen-bond acceptors (Lipinski definition) is 6. The van der Waals surface area contributed by atoms with Gasteiger partial charge in [0.15, 0.2) is 0 Å². The van der Waals surface area contributed by atoms with E-state index in [9.17, 15) is 9.59 Å². The molecule has 1 N–H and O–H groups in total. The Kier molecular flexibility index (Phi) is 4.37. The number of likely N-dealkylation sites (tertiary alicyclic amines) is 1. The van der Waals surface area contributed by atoms with E-state index in [1.54, 1.807) is 23.4 Å². The first-order valence-corrected chi connectivity index (χ1v) is 9.35. The number of nitrogens with zero attached hydrogens (tertiary/aromatic N) is 5. The molecule has 3 aromatic heterocycles. The van der Waals surface area contributed by atoms with Crippen LogP contribution >= 0.6 is 11.3 Å². The molecule has 0 bridgehead atoms. The van der Waals surface area contributed by atoms with E-state index in [0.717, 1.165) is 17.7 Å². The first-order chi connectivity index (χ1) is 12.7. The van der Waals surface area contributed by atoms with Gasteiger partial charge >= 0.3 is 0 Å². The number of carbonyl (C=O) groups is 2. The van der Waals surface area contributed by atoms with Crippen molar-refractivity contribution in [2.24, 2.45) is 0 Å². The van der Waals surface area contributed by atoms with Gasteiger partial charge in [-0.3, -0.25) is 9.59 Å². The Labute approximate surface area is 153 Å². The average Bonchev–Trinajstić information content (AvgIpc) is 3.38. The minimum Gasteiger partial charge on any atom is -0.352 e. The number of carbonyl (C=O) groups excluding carboxylic acids is 2. The monoisotopic (exact) mass is 370 g/mol. The van der Waals surface area contributed by atoms with Crippen LogP contribution in [0.3, 0.4) is 0 Å². The maximum absolute atomic E-state index is 12.9. The standard InChI is InChI=1S/C17H18N6O2S/c1-2-18-15(24)13-7-6-12(26-13)11-5-3-9-22(11)16(25)14-20-17-19-8-4-10-23(17)21-14/h4,6-8,10-11H,2-3,5,9H2,1H3,(H,18,24). The summed E-state index contributed by atoms with van der Waals surface area (Å²) in [4.78, 5) is 36.7. The van der Waals surface area contributed by atoms with Crippen molar-refractivity contribution in [1.29, 1.82) is 0 Å². The molecular formula is C17H18N6O2S. The number of fused-ring (bicyclic) bond motifs is 1. The molecule has 1 atom stereocenters. The van der Waals surface area contributed by atoms with Crippen LogP contribution < -0.4 is 5.32 Å². The molecule has 3 aromatic rings. The maximum Gasteiger partial charge on any atom is 0.294 e. The SMILES string of the molecule is CCNC(=O)c1ccc(C2CCCN2C(=O)c2nc3ncccn3n2)s1. The summed E-state index contributed by atoms with van der Waals surface area (Å²) < 4.78 is 1.50. The molecule has 134 valence electrons. The van der Waals surface area contributed by atoms with E-state index >= 15 is 0 Å². The smallest absolute Gasteiger partial charge is 0.294 e. The number of nitrogens with one attached hydrogen (secondary N) is 1. The highest BCUT2D eigenvalue weighted by atomic mass is 32.1. The highest BCUT2D eigenvalue weighted by molar-refractivity contribution is 7.14. The molecule has 0 radical (unpaired) electrons. The summed E-state index contributed by atoms with van der Waals surface area (Å²) in [5.41, 5.74) is 0. The van der Waals surface area contributed by atoms with Gasteiger partial charge in [-0.15, -0.1) is 16.4 Å². The van der Waals surface area contributed by atoms with Gasteiger partial charge in [0.1, 0.15) is 0 Å². The van der Waals surface area contributed by atoms with Gasteiger partial charge in [0.25, 0.3) is 17.6 Å². The van der Waals surface area contributed by atoms with Crippen molar-refractivity contribution in [3.63, 3.8) is 0 Å². The van der Waals surface area contributed by atoms with Crippen LogP contribution in [0.25, 0.3) is 5.78 Å².